The SMILES string of the molecule is COC(=O)CCN1CCCC1C1CCCN1. The predicted octanol–water partition coefficient (Wildman–Crippen LogP) is 0.766. The van der Waals surface area contributed by atoms with Crippen molar-refractivity contribution < 1.29 is 9.53 Å². The fourth-order valence-corrected chi connectivity index (χ4v) is 2.96. The summed E-state index contributed by atoms with van der Waals surface area (Å²) in [5.41, 5.74) is 0. The average Bonchev–Trinajstić information content (AvgIpc) is 2.95. The van der Waals surface area contributed by atoms with E-state index >= 15 is 0 Å². The van der Waals surface area contributed by atoms with Crippen LogP contribution in [0.3, 0.4) is 0 Å². The first-order valence-corrected chi connectivity index (χ1v) is 6.35. The summed E-state index contributed by atoms with van der Waals surface area (Å²) in [6.07, 6.45) is 5.66. The fraction of sp³-hybridized carbons (Fsp3) is 0.917. The molecule has 92 valence electrons. The van der Waals surface area contributed by atoms with Crippen molar-refractivity contribution in [1.82, 2.24) is 10.2 Å². The summed E-state index contributed by atoms with van der Waals surface area (Å²) >= 11 is 0. The molecule has 2 saturated heterocycles. The first-order valence-electron chi connectivity index (χ1n) is 6.35. The van der Waals surface area contributed by atoms with Crippen LogP contribution in [-0.2, 0) is 9.53 Å². The molecule has 0 aromatic heterocycles. The molecule has 4 heteroatoms. The lowest BCUT2D eigenvalue weighted by molar-refractivity contribution is -0.141. The Kier molecular flexibility index (Phi) is 4.18. The Morgan fingerprint density at radius 2 is 2.31 bits per heavy atom. The van der Waals surface area contributed by atoms with E-state index in [9.17, 15) is 4.79 Å². The lowest BCUT2D eigenvalue weighted by Crippen LogP contribution is -2.44. The topological polar surface area (TPSA) is 41.6 Å². The maximum Gasteiger partial charge on any atom is 0.306 e. The first-order chi connectivity index (χ1) is 7.81. The van der Waals surface area contributed by atoms with Crippen molar-refractivity contribution in [3.8, 4) is 0 Å². The van der Waals surface area contributed by atoms with E-state index in [1.54, 1.807) is 0 Å². The largest absolute Gasteiger partial charge is 0.469 e. The maximum absolute atomic E-state index is 11.1. The lowest BCUT2D eigenvalue weighted by Gasteiger charge is -2.29. The van der Waals surface area contributed by atoms with Gasteiger partial charge in [0.05, 0.1) is 13.5 Å². The van der Waals surface area contributed by atoms with Crippen molar-refractivity contribution in [2.75, 3.05) is 26.7 Å². The molecule has 0 spiro atoms. The van der Waals surface area contributed by atoms with Crippen molar-refractivity contribution >= 4 is 5.97 Å². The summed E-state index contributed by atoms with van der Waals surface area (Å²) in [7, 11) is 1.46. The van der Waals surface area contributed by atoms with E-state index in [-0.39, 0.29) is 5.97 Å². The molecule has 0 bridgehead atoms. The van der Waals surface area contributed by atoms with Gasteiger partial charge in [0.15, 0.2) is 0 Å². The minimum Gasteiger partial charge on any atom is -0.469 e. The highest BCUT2D eigenvalue weighted by Crippen LogP contribution is 2.24. The number of carbonyl (C=O) groups is 1. The van der Waals surface area contributed by atoms with Crippen LogP contribution in [0.25, 0.3) is 0 Å². The highest BCUT2D eigenvalue weighted by Gasteiger charge is 2.32. The number of nitrogens with one attached hydrogen (secondary N) is 1. The molecule has 1 N–H and O–H groups in total. The van der Waals surface area contributed by atoms with Gasteiger partial charge in [-0.2, -0.15) is 0 Å². The van der Waals surface area contributed by atoms with Gasteiger partial charge in [-0.05, 0) is 38.8 Å². The highest BCUT2D eigenvalue weighted by atomic mass is 16.5. The Balaban J connectivity index is 1.80. The summed E-state index contributed by atoms with van der Waals surface area (Å²) in [6.45, 7) is 3.15. The normalized spacial score (nSPS) is 30.8. The van der Waals surface area contributed by atoms with Crippen molar-refractivity contribution in [3.63, 3.8) is 0 Å². The zero-order chi connectivity index (χ0) is 11.4. The third kappa shape index (κ3) is 2.74. The van der Waals surface area contributed by atoms with Crippen molar-refractivity contribution in [2.45, 2.75) is 44.2 Å². The number of ether oxygens (including phenoxy) is 1. The third-order valence-corrected chi connectivity index (χ3v) is 3.81. The molecule has 0 aliphatic carbocycles. The molecule has 2 rings (SSSR count). The summed E-state index contributed by atoms with van der Waals surface area (Å²) in [5.74, 6) is -0.0926. The molecule has 4 nitrogen and oxygen atoms in total. The molecule has 2 fully saturated rings. The Labute approximate surface area is 97.3 Å². The van der Waals surface area contributed by atoms with Crippen LogP contribution in [0.4, 0.5) is 0 Å². The van der Waals surface area contributed by atoms with Crippen LogP contribution < -0.4 is 5.32 Å². The van der Waals surface area contributed by atoms with Crippen LogP contribution >= 0.6 is 0 Å². The molecular weight excluding hydrogens is 204 g/mol. The summed E-state index contributed by atoms with van der Waals surface area (Å²) < 4.78 is 4.69. The van der Waals surface area contributed by atoms with Crippen LogP contribution in [0.1, 0.15) is 32.1 Å². The van der Waals surface area contributed by atoms with E-state index in [0.29, 0.717) is 18.5 Å². The Morgan fingerprint density at radius 3 is 3.00 bits per heavy atom. The molecule has 2 atom stereocenters. The van der Waals surface area contributed by atoms with Gasteiger partial charge in [0, 0.05) is 18.6 Å². The summed E-state index contributed by atoms with van der Waals surface area (Å²) in [6, 6.07) is 1.30. The summed E-state index contributed by atoms with van der Waals surface area (Å²) in [5, 5.41) is 3.57. The molecule has 2 aliphatic heterocycles. The van der Waals surface area contributed by atoms with Gasteiger partial charge in [-0.1, -0.05) is 0 Å². The lowest BCUT2D eigenvalue weighted by atomic mass is 10.0. The van der Waals surface area contributed by atoms with Gasteiger partial charge in [-0.15, -0.1) is 0 Å². The standard InChI is InChI=1S/C12H22N2O2/c1-16-12(15)6-9-14-8-3-5-11(14)10-4-2-7-13-10/h10-11,13H,2-9H2,1H3. The van der Waals surface area contributed by atoms with E-state index in [0.717, 1.165) is 19.6 Å². The number of nitrogens with zero attached hydrogens (tertiary/aromatic N) is 1. The Hall–Kier alpha value is -0.610. The van der Waals surface area contributed by atoms with E-state index in [1.165, 1.54) is 32.8 Å². The van der Waals surface area contributed by atoms with E-state index < -0.39 is 0 Å². The molecule has 0 amide bonds. The quantitative estimate of drug-likeness (QED) is 0.719. The second-order valence-corrected chi connectivity index (χ2v) is 4.77. The Bertz CT molecular complexity index is 239. The van der Waals surface area contributed by atoms with Gasteiger partial charge in [0.25, 0.3) is 0 Å². The maximum atomic E-state index is 11.1. The zero-order valence-corrected chi connectivity index (χ0v) is 10.1. The smallest absolute Gasteiger partial charge is 0.306 e. The number of carbonyl (C=O) groups excluding carboxylic acids is 1. The van der Waals surface area contributed by atoms with Crippen LogP contribution in [0, 0.1) is 0 Å². The number of likely N-dealkylation sites (tertiary alicyclic amines) is 1. The number of methoxy groups -OCH3 is 1. The van der Waals surface area contributed by atoms with Gasteiger partial charge in [-0.3, -0.25) is 9.69 Å². The van der Waals surface area contributed by atoms with Gasteiger partial charge in [0.1, 0.15) is 0 Å². The van der Waals surface area contributed by atoms with Gasteiger partial charge in [0.2, 0.25) is 0 Å². The van der Waals surface area contributed by atoms with E-state index in [4.69, 9.17) is 0 Å². The monoisotopic (exact) mass is 226 g/mol. The van der Waals surface area contributed by atoms with Crippen LogP contribution in [0.2, 0.25) is 0 Å². The molecule has 0 radical (unpaired) electrons. The molecule has 2 aliphatic rings. The van der Waals surface area contributed by atoms with Crippen LogP contribution in [-0.4, -0.2) is 49.7 Å². The average molecular weight is 226 g/mol. The number of hydrogen-bond donors (Lipinski definition) is 1. The number of esters is 1. The van der Waals surface area contributed by atoms with Gasteiger partial charge in [-0.25, -0.2) is 0 Å². The predicted molar refractivity (Wildman–Crippen MR) is 62.3 cm³/mol. The summed E-state index contributed by atoms with van der Waals surface area (Å²) in [4.78, 5) is 13.6. The molecule has 16 heavy (non-hydrogen) atoms. The van der Waals surface area contributed by atoms with Gasteiger partial charge < -0.3 is 10.1 Å². The Morgan fingerprint density at radius 1 is 1.44 bits per heavy atom. The molecule has 0 aromatic rings. The molecule has 0 saturated carbocycles. The second-order valence-electron chi connectivity index (χ2n) is 4.77. The van der Waals surface area contributed by atoms with E-state index in [2.05, 4.69) is 15.0 Å². The van der Waals surface area contributed by atoms with E-state index in [1.807, 2.05) is 0 Å². The minimum atomic E-state index is -0.0926. The second kappa shape index (κ2) is 5.64. The molecule has 2 heterocycles. The number of rotatable bonds is 4. The third-order valence-electron chi connectivity index (χ3n) is 3.81. The van der Waals surface area contributed by atoms with Crippen molar-refractivity contribution in [3.05, 3.63) is 0 Å². The fourth-order valence-electron chi connectivity index (χ4n) is 2.96. The molecule has 0 aromatic carbocycles. The van der Waals surface area contributed by atoms with Crippen molar-refractivity contribution in [2.24, 2.45) is 0 Å². The molecule has 2 unspecified atom stereocenters. The molecular formula is C12H22N2O2. The van der Waals surface area contributed by atoms with Crippen molar-refractivity contribution in [1.29, 1.82) is 0 Å². The zero-order valence-electron chi connectivity index (χ0n) is 10.1. The first kappa shape index (κ1) is 11.9. The number of hydrogen-bond acceptors (Lipinski definition) is 4. The highest BCUT2D eigenvalue weighted by molar-refractivity contribution is 5.69. The van der Waals surface area contributed by atoms with Gasteiger partial charge >= 0.3 is 5.97 Å². The van der Waals surface area contributed by atoms with Crippen LogP contribution in [0.15, 0.2) is 0 Å². The van der Waals surface area contributed by atoms with Crippen LogP contribution in [0.5, 0.6) is 0 Å². The minimum absolute atomic E-state index is 0.0926.